The zero-order valence-corrected chi connectivity index (χ0v) is 20.3. The first-order chi connectivity index (χ1) is 16.5. The summed E-state index contributed by atoms with van der Waals surface area (Å²) in [5, 5.41) is 0. The van der Waals surface area contributed by atoms with Crippen LogP contribution in [0.25, 0.3) is 0 Å². The molecule has 3 rings (SSSR count). The fourth-order valence-electron chi connectivity index (χ4n) is 3.56. The van der Waals surface area contributed by atoms with Gasteiger partial charge in [-0.15, -0.1) is 0 Å². The molecule has 0 spiro atoms. The Kier molecular flexibility index (Phi) is 8.39. The molecule has 0 bridgehead atoms. The Morgan fingerprint density at radius 1 is 0.971 bits per heavy atom. The summed E-state index contributed by atoms with van der Waals surface area (Å²) in [6.45, 7) is 3.29. The monoisotopic (exact) mass is 508 g/mol. The normalized spacial score (nSPS) is 12.2. The van der Waals surface area contributed by atoms with E-state index in [2.05, 4.69) is 0 Å². The van der Waals surface area contributed by atoms with E-state index < -0.39 is 39.1 Å². The van der Waals surface area contributed by atoms with Crippen LogP contribution in [0.4, 0.5) is 13.2 Å². The molecular weight excluding hydrogens is 481 g/mol. The lowest BCUT2D eigenvalue weighted by Gasteiger charge is -2.27. The Hall–Kier alpha value is -3.11. The summed E-state index contributed by atoms with van der Waals surface area (Å²) in [6, 6.07) is 16.2. The van der Waals surface area contributed by atoms with Gasteiger partial charge in [-0.1, -0.05) is 43.3 Å². The molecular formula is C25H27F3N2O4S. The van der Waals surface area contributed by atoms with Crippen LogP contribution in [0.3, 0.4) is 0 Å². The minimum Gasteiger partial charge on any atom is -0.464 e. The highest BCUT2D eigenvalue weighted by atomic mass is 32.2. The van der Waals surface area contributed by atoms with Crippen LogP contribution in [0.1, 0.15) is 36.0 Å². The average Bonchev–Trinajstić information content (AvgIpc) is 3.23. The smallest absolute Gasteiger partial charge is 0.416 e. The van der Waals surface area contributed by atoms with Gasteiger partial charge in [0.05, 0.1) is 23.5 Å². The second kappa shape index (κ2) is 11.1. The summed E-state index contributed by atoms with van der Waals surface area (Å²) in [5.41, 5.74) is -0.229. The van der Waals surface area contributed by atoms with E-state index in [1.54, 1.807) is 26.0 Å². The van der Waals surface area contributed by atoms with Crippen molar-refractivity contribution in [3.63, 3.8) is 0 Å². The Labute approximate surface area is 203 Å². The minimum atomic E-state index is -4.69. The molecule has 3 aromatic rings. The van der Waals surface area contributed by atoms with Crippen LogP contribution in [0.5, 0.6) is 0 Å². The molecule has 1 amide bonds. The zero-order chi connectivity index (χ0) is 25.6. The lowest BCUT2D eigenvalue weighted by molar-refractivity contribution is -0.137. The number of carbonyl (C=O) groups is 1. The molecule has 0 aliphatic carbocycles. The van der Waals surface area contributed by atoms with Crippen LogP contribution in [0, 0.1) is 6.92 Å². The van der Waals surface area contributed by atoms with Gasteiger partial charge in [0.15, 0.2) is 0 Å². The number of benzene rings is 2. The van der Waals surface area contributed by atoms with Gasteiger partial charge in [-0.2, -0.15) is 17.5 Å². The number of furan rings is 1. The van der Waals surface area contributed by atoms with E-state index in [1.165, 1.54) is 4.90 Å². The number of carbonyl (C=O) groups excluding carboxylic acids is 1. The molecule has 1 heterocycles. The average molecular weight is 509 g/mol. The highest BCUT2D eigenvalue weighted by molar-refractivity contribution is 7.89. The number of alkyl halides is 3. The molecule has 0 saturated heterocycles. The van der Waals surface area contributed by atoms with Crippen molar-refractivity contribution in [3.8, 4) is 0 Å². The van der Waals surface area contributed by atoms with Gasteiger partial charge in [0.25, 0.3) is 0 Å². The molecule has 35 heavy (non-hydrogen) atoms. The fourth-order valence-corrected chi connectivity index (χ4v) is 5.09. The molecule has 0 unspecified atom stereocenters. The van der Waals surface area contributed by atoms with E-state index >= 15 is 0 Å². The molecule has 1 aromatic heterocycles. The summed E-state index contributed by atoms with van der Waals surface area (Å²) in [6.07, 6.45) is -4.31. The van der Waals surface area contributed by atoms with Crippen LogP contribution < -0.4 is 0 Å². The Morgan fingerprint density at radius 2 is 1.69 bits per heavy atom. The zero-order valence-electron chi connectivity index (χ0n) is 19.5. The van der Waals surface area contributed by atoms with Crippen molar-refractivity contribution in [2.75, 3.05) is 13.1 Å². The van der Waals surface area contributed by atoms with E-state index in [-0.39, 0.29) is 19.6 Å². The number of sulfonamides is 1. The molecule has 188 valence electrons. The first-order valence-corrected chi connectivity index (χ1v) is 12.5. The van der Waals surface area contributed by atoms with Crippen LogP contribution >= 0.6 is 0 Å². The second-order valence-corrected chi connectivity index (χ2v) is 10.0. The molecule has 0 N–H and O–H groups in total. The van der Waals surface area contributed by atoms with Gasteiger partial charge in [-0.25, -0.2) is 8.42 Å². The summed E-state index contributed by atoms with van der Waals surface area (Å²) >= 11 is 0. The number of amides is 1. The first-order valence-electron chi connectivity index (χ1n) is 11.0. The number of aryl methyl sites for hydroxylation is 1. The van der Waals surface area contributed by atoms with Gasteiger partial charge in [0.2, 0.25) is 15.9 Å². The molecule has 6 nitrogen and oxygen atoms in total. The van der Waals surface area contributed by atoms with Crippen LogP contribution in [0.15, 0.2) is 76.0 Å². The third-order valence-corrected chi connectivity index (χ3v) is 7.14. The third-order valence-electron chi connectivity index (χ3n) is 5.30. The second-order valence-electron chi connectivity index (χ2n) is 8.11. The number of hydrogen-bond acceptors (Lipinski definition) is 4. The molecule has 0 atom stereocenters. The number of halogens is 3. The molecule has 0 radical (unpaired) electrons. The Bertz CT molecular complexity index is 1240. The molecule has 0 aliphatic rings. The largest absolute Gasteiger partial charge is 0.464 e. The Balaban J connectivity index is 1.88. The maximum Gasteiger partial charge on any atom is 0.416 e. The molecule has 0 aliphatic heterocycles. The maximum atomic E-state index is 13.3. The lowest BCUT2D eigenvalue weighted by atomic mass is 10.2. The van der Waals surface area contributed by atoms with Gasteiger partial charge in [0, 0.05) is 13.1 Å². The number of nitrogens with zero attached hydrogens (tertiary/aromatic N) is 2. The topological polar surface area (TPSA) is 70.8 Å². The lowest BCUT2D eigenvalue weighted by Crippen LogP contribution is -2.42. The van der Waals surface area contributed by atoms with E-state index in [9.17, 15) is 26.4 Å². The highest BCUT2D eigenvalue weighted by Crippen LogP contribution is 2.31. The Morgan fingerprint density at radius 3 is 2.29 bits per heavy atom. The number of rotatable bonds is 10. The van der Waals surface area contributed by atoms with Crippen molar-refractivity contribution in [2.24, 2.45) is 0 Å². The first kappa shape index (κ1) is 26.5. The van der Waals surface area contributed by atoms with Crippen molar-refractivity contribution in [2.45, 2.75) is 44.4 Å². The van der Waals surface area contributed by atoms with Gasteiger partial charge in [0.1, 0.15) is 11.5 Å². The summed E-state index contributed by atoms with van der Waals surface area (Å²) in [4.78, 5) is 14.3. The predicted octanol–water partition coefficient (Wildman–Crippen LogP) is 5.24. The SMILES string of the molecule is CCCN(CC(=O)N(Cc1ccccc1)Cc1ccc(C)o1)S(=O)(=O)c1cccc(C(F)(F)F)c1. The van der Waals surface area contributed by atoms with Crippen molar-refractivity contribution >= 4 is 15.9 Å². The van der Waals surface area contributed by atoms with Gasteiger partial charge >= 0.3 is 6.18 Å². The van der Waals surface area contributed by atoms with E-state index in [0.717, 1.165) is 28.1 Å². The quantitative estimate of drug-likeness (QED) is 0.376. The van der Waals surface area contributed by atoms with Crippen molar-refractivity contribution < 1.29 is 30.8 Å². The van der Waals surface area contributed by atoms with Crippen LogP contribution in [-0.4, -0.2) is 36.6 Å². The van der Waals surface area contributed by atoms with Crippen LogP contribution in [0.2, 0.25) is 0 Å². The summed E-state index contributed by atoms with van der Waals surface area (Å²) in [7, 11) is -4.35. The van der Waals surface area contributed by atoms with Gasteiger partial charge in [-0.3, -0.25) is 4.79 Å². The van der Waals surface area contributed by atoms with Crippen molar-refractivity contribution in [3.05, 3.63) is 89.4 Å². The van der Waals surface area contributed by atoms with E-state index in [1.807, 2.05) is 30.3 Å². The highest BCUT2D eigenvalue weighted by Gasteiger charge is 2.34. The maximum absolute atomic E-state index is 13.3. The van der Waals surface area contributed by atoms with Gasteiger partial charge < -0.3 is 9.32 Å². The summed E-state index contributed by atoms with van der Waals surface area (Å²) < 4.78 is 72.5. The van der Waals surface area contributed by atoms with Crippen molar-refractivity contribution in [1.82, 2.24) is 9.21 Å². The molecule has 0 saturated carbocycles. The number of hydrogen-bond donors (Lipinski definition) is 0. The molecule has 10 heteroatoms. The minimum absolute atomic E-state index is 0.0244. The predicted molar refractivity (Wildman–Crippen MR) is 125 cm³/mol. The summed E-state index contributed by atoms with van der Waals surface area (Å²) in [5.74, 6) is 0.716. The van der Waals surface area contributed by atoms with E-state index in [4.69, 9.17) is 4.42 Å². The molecule has 2 aromatic carbocycles. The van der Waals surface area contributed by atoms with Crippen LogP contribution in [-0.2, 0) is 34.1 Å². The fraction of sp³-hybridized carbons (Fsp3) is 0.320. The van der Waals surface area contributed by atoms with E-state index in [0.29, 0.717) is 24.0 Å². The third kappa shape index (κ3) is 6.95. The van der Waals surface area contributed by atoms with Crippen molar-refractivity contribution in [1.29, 1.82) is 0 Å². The van der Waals surface area contributed by atoms with Gasteiger partial charge in [-0.05, 0) is 49.2 Å². The standard InChI is InChI=1S/C25H27F3N2O4S/c1-3-14-30(35(32,33)23-11-7-10-21(15-23)25(26,27)28)18-24(31)29(16-20-8-5-4-6-9-20)17-22-13-12-19(2)34-22/h4-13,15H,3,14,16-18H2,1-2H3. The molecule has 0 fully saturated rings.